The van der Waals surface area contributed by atoms with E-state index in [1.165, 1.54) is 0 Å². The summed E-state index contributed by atoms with van der Waals surface area (Å²) in [5.74, 6) is 0.896. The van der Waals surface area contributed by atoms with Crippen LogP contribution in [0.25, 0.3) is 0 Å². The Morgan fingerprint density at radius 2 is 2.10 bits per heavy atom. The highest BCUT2D eigenvalue weighted by molar-refractivity contribution is 6.30. The molecular weight excluding hydrogens is 284 g/mol. The third-order valence-electron chi connectivity index (χ3n) is 4.00. The molecule has 0 spiro atoms. The van der Waals surface area contributed by atoms with Crippen LogP contribution < -0.4 is 4.74 Å². The van der Waals surface area contributed by atoms with Gasteiger partial charge in [0.25, 0.3) is 0 Å². The fraction of sp³-hybridized carbons (Fsp3) is 0.333. The molecule has 2 aromatic carbocycles. The zero-order valence-corrected chi connectivity index (χ0v) is 13.1. The Hall–Kier alpha value is -1.51. The van der Waals surface area contributed by atoms with Gasteiger partial charge in [-0.15, -0.1) is 0 Å². The molecular formula is C18H19ClO2. The molecule has 2 aromatic rings. The van der Waals surface area contributed by atoms with Crippen molar-refractivity contribution in [2.24, 2.45) is 0 Å². The lowest BCUT2D eigenvalue weighted by Gasteiger charge is -2.25. The van der Waals surface area contributed by atoms with E-state index < -0.39 is 5.60 Å². The maximum absolute atomic E-state index is 10.9. The number of benzene rings is 2. The van der Waals surface area contributed by atoms with E-state index in [-0.39, 0.29) is 0 Å². The highest BCUT2D eigenvalue weighted by atomic mass is 35.5. The largest absolute Gasteiger partial charge is 0.493 e. The normalized spacial score (nSPS) is 16.2. The topological polar surface area (TPSA) is 29.5 Å². The van der Waals surface area contributed by atoms with Crippen molar-refractivity contribution in [3.05, 3.63) is 63.7 Å². The second-order valence-electron chi connectivity index (χ2n) is 5.97. The van der Waals surface area contributed by atoms with E-state index in [2.05, 4.69) is 0 Å². The average molecular weight is 303 g/mol. The van der Waals surface area contributed by atoms with Crippen molar-refractivity contribution in [3.8, 4) is 5.75 Å². The number of ether oxygens (including phenoxy) is 1. The van der Waals surface area contributed by atoms with E-state index in [0.29, 0.717) is 18.1 Å². The summed E-state index contributed by atoms with van der Waals surface area (Å²) in [6.45, 7) is 4.55. The summed E-state index contributed by atoms with van der Waals surface area (Å²) in [4.78, 5) is 0. The standard InChI is InChI=1S/C18H19ClO2/c1-12-4-3-5-15(8-12)18(2,20)11-14-10-16(19)9-13-6-7-21-17(13)14/h3-5,8-10,20H,6-7,11H2,1-2H3. The van der Waals surface area contributed by atoms with Crippen molar-refractivity contribution in [1.82, 2.24) is 0 Å². The number of hydrogen-bond acceptors (Lipinski definition) is 2. The molecule has 1 N–H and O–H groups in total. The monoisotopic (exact) mass is 302 g/mol. The molecule has 0 fully saturated rings. The van der Waals surface area contributed by atoms with Crippen LogP contribution in [0.4, 0.5) is 0 Å². The predicted octanol–water partition coefficient (Wildman–Crippen LogP) is 4.03. The summed E-state index contributed by atoms with van der Waals surface area (Å²) in [7, 11) is 0. The smallest absolute Gasteiger partial charge is 0.126 e. The quantitative estimate of drug-likeness (QED) is 0.927. The molecule has 0 amide bonds. The first-order valence-electron chi connectivity index (χ1n) is 7.19. The van der Waals surface area contributed by atoms with E-state index >= 15 is 0 Å². The van der Waals surface area contributed by atoms with Crippen LogP contribution in [-0.4, -0.2) is 11.7 Å². The average Bonchev–Trinajstić information content (AvgIpc) is 2.86. The van der Waals surface area contributed by atoms with Gasteiger partial charge < -0.3 is 9.84 Å². The van der Waals surface area contributed by atoms with Gasteiger partial charge in [0.05, 0.1) is 12.2 Å². The molecule has 1 heterocycles. The van der Waals surface area contributed by atoms with Gasteiger partial charge in [0.2, 0.25) is 0 Å². The van der Waals surface area contributed by atoms with E-state index in [4.69, 9.17) is 16.3 Å². The van der Waals surface area contributed by atoms with Gasteiger partial charge in [-0.2, -0.15) is 0 Å². The Balaban J connectivity index is 1.96. The van der Waals surface area contributed by atoms with Crippen molar-refractivity contribution in [2.75, 3.05) is 6.61 Å². The first kappa shape index (κ1) is 14.4. The number of rotatable bonds is 3. The number of hydrogen-bond donors (Lipinski definition) is 1. The molecule has 0 bridgehead atoms. The van der Waals surface area contributed by atoms with Gasteiger partial charge >= 0.3 is 0 Å². The predicted molar refractivity (Wildman–Crippen MR) is 85.1 cm³/mol. The van der Waals surface area contributed by atoms with E-state index in [9.17, 15) is 5.11 Å². The van der Waals surface area contributed by atoms with E-state index in [0.717, 1.165) is 34.4 Å². The molecule has 1 atom stereocenters. The summed E-state index contributed by atoms with van der Waals surface area (Å²) in [5, 5.41) is 11.6. The lowest BCUT2D eigenvalue weighted by atomic mass is 9.87. The first-order chi connectivity index (χ1) is 9.95. The first-order valence-corrected chi connectivity index (χ1v) is 7.57. The maximum Gasteiger partial charge on any atom is 0.126 e. The third kappa shape index (κ3) is 2.92. The number of fused-ring (bicyclic) bond motifs is 1. The lowest BCUT2D eigenvalue weighted by molar-refractivity contribution is 0.0569. The SMILES string of the molecule is Cc1cccc(C(C)(O)Cc2cc(Cl)cc3c2OCC3)c1. The summed E-state index contributed by atoms with van der Waals surface area (Å²) in [6, 6.07) is 11.8. The van der Waals surface area contributed by atoms with Crippen LogP contribution >= 0.6 is 11.6 Å². The molecule has 1 aliphatic heterocycles. The second-order valence-corrected chi connectivity index (χ2v) is 6.41. The van der Waals surface area contributed by atoms with Crippen molar-refractivity contribution in [2.45, 2.75) is 32.3 Å². The Kier molecular flexibility index (Phi) is 3.68. The number of aliphatic hydroxyl groups is 1. The lowest BCUT2D eigenvalue weighted by Crippen LogP contribution is -2.24. The molecule has 0 saturated carbocycles. The zero-order chi connectivity index (χ0) is 15.0. The van der Waals surface area contributed by atoms with Gasteiger partial charge in [0.1, 0.15) is 5.75 Å². The summed E-state index contributed by atoms with van der Waals surface area (Å²) in [6.07, 6.45) is 1.37. The van der Waals surface area contributed by atoms with Crippen molar-refractivity contribution in [3.63, 3.8) is 0 Å². The highest BCUT2D eigenvalue weighted by Gasteiger charge is 2.27. The Bertz CT molecular complexity index is 677. The minimum absolute atomic E-state index is 0.485. The van der Waals surface area contributed by atoms with Gasteiger partial charge in [0, 0.05) is 17.9 Å². The van der Waals surface area contributed by atoms with Crippen LogP contribution in [0.1, 0.15) is 29.2 Å². The fourth-order valence-electron chi connectivity index (χ4n) is 2.93. The molecule has 1 aliphatic rings. The molecule has 21 heavy (non-hydrogen) atoms. The van der Waals surface area contributed by atoms with Gasteiger partial charge in [-0.1, -0.05) is 41.4 Å². The Morgan fingerprint density at radius 1 is 1.29 bits per heavy atom. The van der Waals surface area contributed by atoms with Crippen molar-refractivity contribution in [1.29, 1.82) is 0 Å². The molecule has 3 rings (SSSR count). The second kappa shape index (κ2) is 5.36. The van der Waals surface area contributed by atoms with Crippen LogP contribution in [0.2, 0.25) is 5.02 Å². The minimum Gasteiger partial charge on any atom is -0.493 e. The van der Waals surface area contributed by atoms with E-state index in [1.54, 1.807) is 0 Å². The molecule has 0 aliphatic carbocycles. The van der Waals surface area contributed by atoms with Crippen LogP contribution in [0.3, 0.4) is 0 Å². The molecule has 0 saturated heterocycles. The Morgan fingerprint density at radius 3 is 2.86 bits per heavy atom. The fourth-order valence-corrected chi connectivity index (χ4v) is 3.19. The van der Waals surface area contributed by atoms with Crippen LogP contribution in [-0.2, 0) is 18.4 Å². The zero-order valence-electron chi connectivity index (χ0n) is 12.3. The van der Waals surface area contributed by atoms with Gasteiger partial charge in [-0.3, -0.25) is 0 Å². The van der Waals surface area contributed by atoms with Crippen LogP contribution in [0.5, 0.6) is 5.75 Å². The summed E-state index contributed by atoms with van der Waals surface area (Å²) >= 11 is 6.19. The van der Waals surface area contributed by atoms with Crippen LogP contribution in [0, 0.1) is 6.92 Å². The summed E-state index contributed by atoms with van der Waals surface area (Å²) in [5.41, 5.74) is 3.21. The molecule has 0 radical (unpaired) electrons. The van der Waals surface area contributed by atoms with Crippen molar-refractivity contribution >= 4 is 11.6 Å². The summed E-state index contributed by atoms with van der Waals surface area (Å²) < 4.78 is 5.72. The highest BCUT2D eigenvalue weighted by Crippen LogP contribution is 2.37. The Labute approximate surface area is 130 Å². The molecule has 3 heteroatoms. The van der Waals surface area contributed by atoms with Gasteiger partial charge in [-0.05, 0) is 42.7 Å². The van der Waals surface area contributed by atoms with E-state index in [1.807, 2.05) is 50.2 Å². The maximum atomic E-state index is 10.9. The molecule has 110 valence electrons. The number of aryl methyl sites for hydroxylation is 1. The van der Waals surface area contributed by atoms with Crippen molar-refractivity contribution < 1.29 is 9.84 Å². The molecule has 0 aromatic heterocycles. The molecule has 2 nitrogen and oxygen atoms in total. The number of halogens is 1. The minimum atomic E-state index is -0.948. The molecule has 1 unspecified atom stereocenters. The van der Waals surface area contributed by atoms with Gasteiger partial charge in [-0.25, -0.2) is 0 Å². The van der Waals surface area contributed by atoms with Crippen LogP contribution in [0.15, 0.2) is 36.4 Å². The van der Waals surface area contributed by atoms with Gasteiger partial charge in [0.15, 0.2) is 0 Å². The third-order valence-corrected chi connectivity index (χ3v) is 4.22.